The molecule has 0 aliphatic carbocycles. The number of carbonyl (C=O) groups excluding carboxylic acids is 1. The molecule has 2 rings (SSSR count). The Morgan fingerprint density at radius 3 is 2.50 bits per heavy atom. The van der Waals surface area contributed by atoms with Crippen LogP contribution in [0.3, 0.4) is 0 Å². The van der Waals surface area contributed by atoms with E-state index in [1.807, 2.05) is 18.2 Å². The lowest BCUT2D eigenvalue weighted by atomic mass is 10.0. The van der Waals surface area contributed by atoms with Crippen molar-refractivity contribution in [1.29, 1.82) is 0 Å². The lowest BCUT2D eigenvalue weighted by Crippen LogP contribution is -2.32. The van der Waals surface area contributed by atoms with Gasteiger partial charge in [-0.15, -0.1) is 0 Å². The van der Waals surface area contributed by atoms with Gasteiger partial charge in [0, 0.05) is 5.69 Å². The first kappa shape index (κ1) is 14.4. The fraction of sp³-hybridized carbons (Fsp3) is 0.353. The Labute approximate surface area is 119 Å². The summed E-state index contributed by atoms with van der Waals surface area (Å²) in [5.41, 5.74) is 0.944. The van der Waals surface area contributed by atoms with Gasteiger partial charge in [0.25, 0.3) is 0 Å². The van der Waals surface area contributed by atoms with E-state index in [0.717, 1.165) is 17.5 Å². The van der Waals surface area contributed by atoms with E-state index in [9.17, 15) is 4.79 Å². The molecule has 1 atom stereocenters. The van der Waals surface area contributed by atoms with Crippen molar-refractivity contribution < 1.29 is 9.53 Å². The molecule has 1 unspecified atom stereocenters. The van der Waals surface area contributed by atoms with Crippen LogP contribution < -0.4 is 5.32 Å². The third kappa shape index (κ3) is 3.50. The van der Waals surface area contributed by atoms with Crippen LogP contribution in [0, 0.1) is 5.92 Å². The molecule has 20 heavy (non-hydrogen) atoms. The van der Waals surface area contributed by atoms with Gasteiger partial charge in [-0.3, -0.25) is 0 Å². The fourth-order valence-electron chi connectivity index (χ4n) is 2.31. The molecular formula is C17H21NO2. The van der Waals surface area contributed by atoms with Gasteiger partial charge >= 0.3 is 5.97 Å². The monoisotopic (exact) mass is 271 g/mol. The predicted molar refractivity (Wildman–Crippen MR) is 82.8 cm³/mol. The molecule has 0 aliphatic rings. The van der Waals surface area contributed by atoms with Crippen LogP contribution in [0.5, 0.6) is 0 Å². The Hall–Kier alpha value is -2.03. The number of benzene rings is 2. The van der Waals surface area contributed by atoms with E-state index in [2.05, 4.69) is 43.4 Å². The molecule has 106 valence electrons. The van der Waals surface area contributed by atoms with E-state index in [1.54, 1.807) is 0 Å². The van der Waals surface area contributed by atoms with E-state index in [4.69, 9.17) is 4.74 Å². The van der Waals surface area contributed by atoms with Crippen LogP contribution >= 0.6 is 0 Å². The maximum absolute atomic E-state index is 11.8. The summed E-state index contributed by atoms with van der Waals surface area (Å²) in [5, 5.41) is 5.63. The molecule has 0 amide bonds. The number of ether oxygens (including phenoxy) is 1. The first-order valence-electron chi connectivity index (χ1n) is 6.93. The maximum atomic E-state index is 11.8. The fourth-order valence-corrected chi connectivity index (χ4v) is 2.31. The van der Waals surface area contributed by atoms with Crippen molar-refractivity contribution in [2.24, 2.45) is 5.92 Å². The van der Waals surface area contributed by atoms with Crippen LogP contribution in [-0.2, 0) is 9.53 Å². The quantitative estimate of drug-likeness (QED) is 0.840. The highest BCUT2D eigenvalue weighted by atomic mass is 16.5. The SMILES string of the molecule is COC(=O)C(CC(C)C)Nc1ccc2ccccc2c1. The zero-order chi connectivity index (χ0) is 14.5. The minimum absolute atomic E-state index is 0.216. The van der Waals surface area contributed by atoms with Crippen LogP contribution in [-0.4, -0.2) is 19.1 Å². The van der Waals surface area contributed by atoms with Gasteiger partial charge in [0.2, 0.25) is 0 Å². The molecule has 2 aromatic carbocycles. The summed E-state index contributed by atoms with van der Waals surface area (Å²) >= 11 is 0. The zero-order valence-corrected chi connectivity index (χ0v) is 12.2. The molecule has 1 N–H and O–H groups in total. The summed E-state index contributed by atoms with van der Waals surface area (Å²) in [7, 11) is 1.43. The minimum atomic E-state index is -0.304. The Morgan fingerprint density at radius 2 is 1.85 bits per heavy atom. The molecule has 0 radical (unpaired) electrons. The van der Waals surface area contributed by atoms with Crippen molar-refractivity contribution in [2.75, 3.05) is 12.4 Å². The number of fused-ring (bicyclic) bond motifs is 1. The Bertz CT molecular complexity index is 592. The second-order valence-corrected chi connectivity index (χ2v) is 5.41. The molecule has 0 heterocycles. The van der Waals surface area contributed by atoms with Crippen LogP contribution in [0.1, 0.15) is 20.3 Å². The molecule has 0 aromatic heterocycles. The van der Waals surface area contributed by atoms with E-state index >= 15 is 0 Å². The molecule has 3 heteroatoms. The van der Waals surface area contributed by atoms with Gasteiger partial charge in [-0.05, 0) is 35.2 Å². The number of rotatable bonds is 5. The summed E-state index contributed by atoms with van der Waals surface area (Å²) in [5.74, 6) is 0.207. The van der Waals surface area contributed by atoms with Gasteiger partial charge < -0.3 is 10.1 Å². The van der Waals surface area contributed by atoms with Gasteiger partial charge in [-0.2, -0.15) is 0 Å². The molecule has 2 aromatic rings. The minimum Gasteiger partial charge on any atom is -0.467 e. The third-order valence-electron chi connectivity index (χ3n) is 3.28. The predicted octanol–water partition coefficient (Wildman–Crippen LogP) is 3.84. The van der Waals surface area contributed by atoms with Crippen LogP contribution in [0.15, 0.2) is 42.5 Å². The number of methoxy groups -OCH3 is 1. The highest BCUT2D eigenvalue weighted by molar-refractivity contribution is 5.87. The standard InChI is InChI=1S/C17H21NO2/c1-12(2)10-16(17(19)20-3)18-15-9-8-13-6-4-5-7-14(13)11-15/h4-9,11-12,16,18H,10H2,1-3H3. The van der Waals surface area contributed by atoms with E-state index in [0.29, 0.717) is 5.92 Å². The highest BCUT2D eigenvalue weighted by Gasteiger charge is 2.20. The normalized spacial score (nSPS) is 12.4. The molecule has 0 saturated carbocycles. The number of esters is 1. The van der Waals surface area contributed by atoms with Crippen molar-refractivity contribution in [3.63, 3.8) is 0 Å². The average Bonchev–Trinajstić information content (AvgIpc) is 2.45. The largest absolute Gasteiger partial charge is 0.467 e. The summed E-state index contributed by atoms with van der Waals surface area (Å²) in [6, 6.07) is 14.0. The smallest absolute Gasteiger partial charge is 0.328 e. The van der Waals surface area contributed by atoms with Crippen molar-refractivity contribution in [2.45, 2.75) is 26.3 Å². The van der Waals surface area contributed by atoms with Crippen molar-refractivity contribution >= 4 is 22.4 Å². The van der Waals surface area contributed by atoms with Crippen molar-refractivity contribution in [1.82, 2.24) is 0 Å². The van der Waals surface area contributed by atoms with Crippen LogP contribution in [0.2, 0.25) is 0 Å². The first-order valence-corrected chi connectivity index (χ1v) is 6.93. The summed E-state index contributed by atoms with van der Waals surface area (Å²) in [6.45, 7) is 4.19. The number of hydrogen-bond acceptors (Lipinski definition) is 3. The Kier molecular flexibility index (Phi) is 4.61. The second kappa shape index (κ2) is 6.42. The topological polar surface area (TPSA) is 38.3 Å². The van der Waals surface area contributed by atoms with Crippen molar-refractivity contribution in [3.8, 4) is 0 Å². The first-order chi connectivity index (χ1) is 9.60. The number of nitrogens with one attached hydrogen (secondary N) is 1. The molecule has 3 nitrogen and oxygen atoms in total. The third-order valence-corrected chi connectivity index (χ3v) is 3.28. The number of anilines is 1. The van der Waals surface area contributed by atoms with Gasteiger partial charge in [0.1, 0.15) is 6.04 Å². The lowest BCUT2D eigenvalue weighted by Gasteiger charge is -2.19. The molecule has 0 saturated heterocycles. The van der Waals surface area contributed by atoms with Crippen LogP contribution in [0.25, 0.3) is 10.8 Å². The maximum Gasteiger partial charge on any atom is 0.328 e. The van der Waals surface area contributed by atoms with E-state index < -0.39 is 0 Å². The summed E-state index contributed by atoms with van der Waals surface area (Å²) in [4.78, 5) is 11.8. The number of carbonyl (C=O) groups is 1. The van der Waals surface area contributed by atoms with E-state index in [1.165, 1.54) is 12.5 Å². The van der Waals surface area contributed by atoms with Crippen molar-refractivity contribution in [3.05, 3.63) is 42.5 Å². The van der Waals surface area contributed by atoms with Gasteiger partial charge in [0.15, 0.2) is 0 Å². The van der Waals surface area contributed by atoms with Gasteiger partial charge in [-0.25, -0.2) is 4.79 Å². The molecule has 0 bridgehead atoms. The molecule has 0 fully saturated rings. The Balaban J connectivity index is 2.21. The van der Waals surface area contributed by atoms with Gasteiger partial charge in [0.05, 0.1) is 7.11 Å². The Morgan fingerprint density at radius 1 is 1.15 bits per heavy atom. The van der Waals surface area contributed by atoms with Crippen LogP contribution in [0.4, 0.5) is 5.69 Å². The second-order valence-electron chi connectivity index (χ2n) is 5.41. The summed E-state index contributed by atoms with van der Waals surface area (Å²) < 4.78 is 4.87. The molecular weight excluding hydrogens is 250 g/mol. The lowest BCUT2D eigenvalue weighted by molar-refractivity contribution is -0.141. The number of hydrogen-bond donors (Lipinski definition) is 1. The van der Waals surface area contributed by atoms with Gasteiger partial charge in [-0.1, -0.05) is 44.2 Å². The highest BCUT2D eigenvalue weighted by Crippen LogP contribution is 2.21. The zero-order valence-electron chi connectivity index (χ0n) is 12.2. The average molecular weight is 271 g/mol. The summed E-state index contributed by atoms with van der Waals surface area (Å²) in [6.07, 6.45) is 0.750. The van der Waals surface area contributed by atoms with E-state index in [-0.39, 0.29) is 12.0 Å². The molecule has 0 spiro atoms. The molecule has 0 aliphatic heterocycles.